The van der Waals surface area contributed by atoms with Crippen molar-refractivity contribution in [3.8, 4) is 0 Å². The van der Waals surface area contributed by atoms with Gasteiger partial charge < -0.3 is 20.4 Å². The van der Waals surface area contributed by atoms with Crippen molar-refractivity contribution in [3.05, 3.63) is 73.4 Å². The average Bonchev–Trinajstić information content (AvgIpc) is 3.22. The molecule has 0 aliphatic heterocycles. The van der Waals surface area contributed by atoms with Crippen LogP contribution in [0.4, 0.5) is 17.2 Å². The second kappa shape index (κ2) is 34.2. The Kier molecular flexibility index (Phi) is 32.6. The smallest absolute Gasteiger partial charge is 0.228 e. The van der Waals surface area contributed by atoms with Crippen LogP contribution in [0.1, 0.15) is 148 Å². The fourth-order valence-corrected chi connectivity index (χ4v) is 5.27. The summed E-state index contributed by atoms with van der Waals surface area (Å²) >= 11 is 0. The van der Waals surface area contributed by atoms with Crippen molar-refractivity contribution in [1.82, 2.24) is 25.6 Å². The summed E-state index contributed by atoms with van der Waals surface area (Å²) in [6, 6.07) is 12.9. The molecule has 0 bridgehead atoms. The minimum Gasteiger partial charge on any atom is -0.356 e. The Balaban J connectivity index is 0. The van der Waals surface area contributed by atoms with Crippen molar-refractivity contribution < 1.29 is 24.0 Å². The molecule has 5 amide bonds. The van der Waals surface area contributed by atoms with Crippen LogP contribution in [0.15, 0.2) is 73.4 Å². The van der Waals surface area contributed by atoms with Gasteiger partial charge in [0.05, 0.1) is 11.9 Å². The van der Waals surface area contributed by atoms with Crippen molar-refractivity contribution in [3.63, 3.8) is 0 Å². The van der Waals surface area contributed by atoms with Gasteiger partial charge in [-0.1, -0.05) is 109 Å². The van der Waals surface area contributed by atoms with Crippen LogP contribution >= 0.6 is 0 Å². The number of nitrogens with zero attached hydrogens (tertiary/aromatic N) is 6. The standard InChI is InChI=1S/2C12H18N2O.C11H16N2O.C9H19NO.C8H17NO/c1-12(2,3)9-11(15)14(4)10-5-7-13-8-6-10;1-12(2,3)8-11(15)14(4)10-6-5-7-13-9-10;1-9(2)8-11(14)13(3)10-6-4-5-7-12-10;1-4-5-6-10-9(11)7-8(2)3;1-4-5-9-8(10)6-7(2)3/h5-8H,9H2,1-4H3;5-7,9H,8H2,1-4H3;4-7,9H,8H2,1-3H3;8H,4-7H2,1-3H3,(H,10,11);7H,4-6H2,1-3H3,(H,9,10). The Labute approximate surface area is 394 Å². The normalized spacial score (nSPS) is 10.6. The summed E-state index contributed by atoms with van der Waals surface area (Å²) < 4.78 is 0. The molecule has 13 heteroatoms. The Morgan fingerprint density at radius 1 is 0.538 bits per heavy atom. The maximum Gasteiger partial charge on any atom is 0.228 e. The zero-order chi connectivity index (χ0) is 50.2. The predicted molar refractivity (Wildman–Crippen MR) is 271 cm³/mol. The molecule has 2 N–H and O–H groups in total. The molecule has 0 saturated carbocycles. The minimum absolute atomic E-state index is 0.0214. The van der Waals surface area contributed by atoms with E-state index in [9.17, 15) is 24.0 Å². The third-order valence-corrected chi connectivity index (χ3v) is 8.76. The minimum atomic E-state index is 0.0214. The summed E-state index contributed by atoms with van der Waals surface area (Å²) in [5.41, 5.74) is 1.78. The van der Waals surface area contributed by atoms with Crippen molar-refractivity contribution in [2.75, 3.05) is 48.9 Å². The van der Waals surface area contributed by atoms with Gasteiger partial charge in [0, 0.05) is 96.8 Å². The number of carbonyl (C=O) groups excluding carboxylic acids is 5. The highest BCUT2D eigenvalue weighted by atomic mass is 16.2. The summed E-state index contributed by atoms with van der Waals surface area (Å²) in [6.45, 7) is 30.4. The topological polar surface area (TPSA) is 158 Å². The maximum absolute atomic E-state index is 11.9. The summed E-state index contributed by atoms with van der Waals surface area (Å²) in [7, 11) is 5.33. The number of amides is 5. The number of nitrogens with one attached hydrogen (secondary N) is 2. The van der Waals surface area contributed by atoms with E-state index in [0.717, 1.165) is 43.7 Å². The van der Waals surface area contributed by atoms with Crippen molar-refractivity contribution >= 4 is 46.7 Å². The molecule has 3 aromatic heterocycles. The summed E-state index contributed by atoms with van der Waals surface area (Å²) in [4.78, 5) is 74.2. The van der Waals surface area contributed by atoms with E-state index in [4.69, 9.17) is 0 Å². The molecule has 3 aromatic rings. The molecule has 3 rings (SSSR count). The summed E-state index contributed by atoms with van der Waals surface area (Å²) in [5.74, 6) is 2.76. The number of hydrogen-bond acceptors (Lipinski definition) is 8. The monoisotopic (exact) mass is 905 g/mol. The maximum atomic E-state index is 11.9. The number of pyridine rings is 3. The Bertz CT molecular complexity index is 1660. The van der Waals surface area contributed by atoms with Gasteiger partial charge in [-0.05, 0) is 77.8 Å². The number of hydrogen-bond donors (Lipinski definition) is 2. The van der Waals surface area contributed by atoms with Gasteiger partial charge in [0.1, 0.15) is 5.82 Å². The molecule has 3 heterocycles. The number of carbonyl (C=O) groups is 5. The number of rotatable bonds is 16. The third kappa shape index (κ3) is 34.8. The lowest BCUT2D eigenvalue weighted by Gasteiger charge is -2.23. The summed E-state index contributed by atoms with van der Waals surface area (Å²) in [6.07, 6.45) is 14.7. The van der Waals surface area contributed by atoms with Crippen LogP contribution < -0.4 is 25.3 Å². The van der Waals surface area contributed by atoms with Gasteiger partial charge in [-0.3, -0.25) is 38.8 Å². The van der Waals surface area contributed by atoms with E-state index >= 15 is 0 Å². The molecule has 13 nitrogen and oxygen atoms in total. The molecule has 0 aliphatic carbocycles. The molecule has 0 saturated heterocycles. The van der Waals surface area contributed by atoms with Crippen LogP contribution in [-0.4, -0.2) is 78.7 Å². The van der Waals surface area contributed by atoms with Gasteiger partial charge in [-0.25, -0.2) is 4.98 Å². The van der Waals surface area contributed by atoms with Crippen molar-refractivity contribution in [1.29, 1.82) is 0 Å². The Morgan fingerprint density at radius 3 is 1.43 bits per heavy atom. The molecule has 0 aromatic carbocycles. The van der Waals surface area contributed by atoms with Crippen LogP contribution in [0.5, 0.6) is 0 Å². The first-order valence-corrected chi connectivity index (χ1v) is 23.3. The lowest BCUT2D eigenvalue weighted by Crippen LogP contribution is -2.29. The fourth-order valence-electron chi connectivity index (χ4n) is 5.27. The van der Waals surface area contributed by atoms with Gasteiger partial charge in [0.25, 0.3) is 0 Å². The van der Waals surface area contributed by atoms with Gasteiger partial charge in [-0.2, -0.15) is 0 Å². The van der Waals surface area contributed by atoms with Crippen LogP contribution in [0, 0.1) is 28.6 Å². The van der Waals surface area contributed by atoms with Crippen LogP contribution in [-0.2, 0) is 24.0 Å². The largest absolute Gasteiger partial charge is 0.356 e. The lowest BCUT2D eigenvalue weighted by molar-refractivity contribution is -0.122. The first-order chi connectivity index (χ1) is 30.2. The molecular formula is C52H88N8O5. The SMILES string of the molecule is CC(C)CC(=O)N(C)c1ccccn1.CCCCNC(=O)CC(C)C.CCCNC(=O)CC(C)C.CN(C(=O)CC(C)(C)C)c1cccnc1.CN(C(=O)CC(C)(C)C)c1ccncc1. The first-order valence-electron chi connectivity index (χ1n) is 23.3. The molecule has 0 fully saturated rings. The molecule has 0 radical (unpaired) electrons. The molecule has 65 heavy (non-hydrogen) atoms. The molecule has 0 atom stereocenters. The van der Waals surface area contributed by atoms with E-state index in [1.54, 1.807) is 66.8 Å². The second-order valence-corrected chi connectivity index (χ2v) is 19.8. The highest BCUT2D eigenvalue weighted by Crippen LogP contribution is 2.23. The van der Waals surface area contributed by atoms with E-state index in [2.05, 4.69) is 94.8 Å². The zero-order valence-corrected chi connectivity index (χ0v) is 43.5. The molecular weight excluding hydrogens is 817 g/mol. The third-order valence-electron chi connectivity index (χ3n) is 8.76. The zero-order valence-electron chi connectivity index (χ0n) is 43.5. The predicted octanol–water partition coefficient (Wildman–Crippen LogP) is 10.6. The van der Waals surface area contributed by atoms with Crippen LogP contribution in [0.25, 0.3) is 0 Å². The van der Waals surface area contributed by atoms with E-state index in [1.807, 2.05) is 70.2 Å². The van der Waals surface area contributed by atoms with E-state index in [-0.39, 0.29) is 40.4 Å². The van der Waals surface area contributed by atoms with Gasteiger partial charge in [-0.15, -0.1) is 0 Å². The van der Waals surface area contributed by atoms with Crippen LogP contribution in [0.3, 0.4) is 0 Å². The molecule has 0 spiro atoms. The molecule has 0 aliphatic rings. The molecule has 366 valence electrons. The lowest BCUT2D eigenvalue weighted by atomic mass is 9.91. The van der Waals surface area contributed by atoms with Gasteiger partial charge in [0.15, 0.2) is 0 Å². The van der Waals surface area contributed by atoms with Crippen LogP contribution in [0.2, 0.25) is 0 Å². The number of anilines is 3. The van der Waals surface area contributed by atoms with Gasteiger partial charge >= 0.3 is 0 Å². The number of aromatic nitrogens is 3. The van der Waals surface area contributed by atoms with Crippen molar-refractivity contribution in [2.24, 2.45) is 28.6 Å². The van der Waals surface area contributed by atoms with E-state index in [1.165, 1.54) is 0 Å². The van der Waals surface area contributed by atoms with Crippen molar-refractivity contribution in [2.45, 2.75) is 148 Å². The Hall–Kier alpha value is -5.20. The number of unbranched alkanes of at least 4 members (excludes halogenated alkanes) is 1. The summed E-state index contributed by atoms with van der Waals surface area (Å²) in [5, 5.41) is 5.70. The van der Waals surface area contributed by atoms with Gasteiger partial charge in [0.2, 0.25) is 29.5 Å². The molecule has 0 unspecified atom stereocenters. The second-order valence-electron chi connectivity index (χ2n) is 19.8. The van der Waals surface area contributed by atoms with E-state index < -0.39 is 0 Å². The highest BCUT2D eigenvalue weighted by molar-refractivity contribution is 5.94. The first kappa shape index (κ1) is 61.9. The Morgan fingerprint density at radius 2 is 1.03 bits per heavy atom. The quantitative estimate of drug-likeness (QED) is 0.135. The highest BCUT2D eigenvalue weighted by Gasteiger charge is 2.21. The fraction of sp³-hybridized carbons (Fsp3) is 0.615. The average molecular weight is 905 g/mol. The van der Waals surface area contributed by atoms with E-state index in [0.29, 0.717) is 55.7 Å².